The Morgan fingerprint density at radius 2 is 1.91 bits per heavy atom. The number of hydrogen-bond donors (Lipinski definition) is 1. The third-order valence-electron chi connectivity index (χ3n) is 4.73. The molecule has 2 aromatic rings. The Kier molecular flexibility index (Phi) is 4.76. The minimum Gasteiger partial charge on any atom is -0.309 e. The highest BCUT2D eigenvalue weighted by molar-refractivity contribution is 7.10. The summed E-state index contributed by atoms with van der Waals surface area (Å²) in [6, 6.07) is 17.3. The fourth-order valence-electron chi connectivity index (χ4n) is 3.31. The van der Waals surface area contributed by atoms with Crippen molar-refractivity contribution in [1.29, 1.82) is 10.5 Å². The summed E-state index contributed by atoms with van der Waals surface area (Å²) < 4.78 is 0. The van der Waals surface area contributed by atoms with E-state index in [1.54, 1.807) is 11.3 Å². The van der Waals surface area contributed by atoms with Crippen LogP contribution in [0.1, 0.15) is 41.7 Å². The first kappa shape index (κ1) is 15.7. The number of nitrogens with zero attached hydrogens (tertiary/aromatic N) is 2. The van der Waals surface area contributed by atoms with Crippen LogP contribution in [0.15, 0.2) is 41.8 Å². The van der Waals surface area contributed by atoms with Gasteiger partial charge in [-0.1, -0.05) is 30.3 Å². The molecular formula is C19H19N3S. The zero-order valence-corrected chi connectivity index (χ0v) is 13.8. The number of hydrogen-bond acceptors (Lipinski definition) is 4. The molecule has 1 aromatic carbocycles. The summed E-state index contributed by atoms with van der Waals surface area (Å²) >= 11 is 1.63. The lowest BCUT2D eigenvalue weighted by molar-refractivity contribution is 0.295. The van der Waals surface area contributed by atoms with Crippen molar-refractivity contribution in [2.75, 3.05) is 0 Å². The van der Waals surface area contributed by atoms with Crippen molar-refractivity contribution in [1.82, 2.24) is 5.32 Å². The van der Waals surface area contributed by atoms with Gasteiger partial charge in [-0.2, -0.15) is 10.5 Å². The second-order valence-corrected chi connectivity index (χ2v) is 7.12. The molecule has 0 atom stereocenters. The van der Waals surface area contributed by atoms with Crippen molar-refractivity contribution < 1.29 is 0 Å². The first-order valence-corrected chi connectivity index (χ1v) is 8.81. The molecule has 3 rings (SSSR count). The van der Waals surface area contributed by atoms with Gasteiger partial charge in [-0.3, -0.25) is 0 Å². The number of thiophene rings is 1. The molecule has 0 bridgehead atoms. The van der Waals surface area contributed by atoms with Crippen LogP contribution in [0, 0.1) is 22.7 Å². The van der Waals surface area contributed by atoms with Gasteiger partial charge >= 0.3 is 0 Å². The van der Waals surface area contributed by atoms with E-state index >= 15 is 0 Å². The summed E-state index contributed by atoms with van der Waals surface area (Å²) in [5.74, 6) is 0. The van der Waals surface area contributed by atoms with E-state index in [1.807, 2.05) is 29.6 Å². The van der Waals surface area contributed by atoms with Gasteiger partial charge in [0.25, 0.3) is 0 Å². The Hall–Kier alpha value is -2.14. The molecule has 1 aromatic heterocycles. The van der Waals surface area contributed by atoms with E-state index in [4.69, 9.17) is 5.26 Å². The average Bonchev–Trinajstić information content (AvgIpc) is 3.09. The van der Waals surface area contributed by atoms with Crippen LogP contribution in [0.5, 0.6) is 0 Å². The average molecular weight is 321 g/mol. The highest BCUT2D eigenvalue weighted by Crippen LogP contribution is 2.39. The highest BCUT2D eigenvalue weighted by Gasteiger charge is 2.36. The lowest BCUT2D eigenvalue weighted by Gasteiger charge is -2.35. The van der Waals surface area contributed by atoms with E-state index in [2.05, 4.69) is 29.6 Å². The van der Waals surface area contributed by atoms with Gasteiger partial charge in [-0.25, -0.2) is 0 Å². The highest BCUT2D eigenvalue weighted by atomic mass is 32.1. The van der Waals surface area contributed by atoms with Crippen LogP contribution in [0.25, 0.3) is 0 Å². The molecule has 0 aliphatic heterocycles. The van der Waals surface area contributed by atoms with E-state index < -0.39 is 0 Å². The van der Waals surface area contributed by atoms with Crippen molar-refractivity contribution >= 4 is 11.3 Å². The van der Waals surface area contributed by atoms with Gasteiger partial charge in [0.15, 0.2) is 0 Å². The number of nitriles is 2. The first-order valence-electron chi connectivity index (χ1n) is 7.93. The third kappa shape index (κ3) is 3.45. The predicted octanol–water partition coefficient (Wildman–Crippen LogP) is 4.11. The Balaban J connectivity index is 1.58. The molecule has 0 radical (unpaired) electrons. The fourth-order valence-corrected chi connectivity index (χ4v) is 4.07. The van der Waals surface area contributed by atoms with Gasteiger partial charge in [0.2, 0.25) is 0 Å². The van der Waals surface area contributed by atoms with Gasteiger partial charge in [0, 0.05) is 22.8 Å². The first-order chi connectivity index (χ1) is 11.3. The zero-order chi connectivity index (χ0) is 16.1. The molecule has 0 saturated heterocycles. The normalized spacial score (nSPS) is 23.8. The number of benzene rings is 1. The molecule has 0 spiro atoms. The smallest absolute Gasteiger partial charge is 0.100 e. The van der Waals surface area contributed by atoms with Gasteiger partial charge in [0.05, 0.1) is 17.0 Å². The molecule has 0 amide bonds. The second kappa shape index (κ2) is 6.96. The van der Waals surface area contributed by atoms with Crippen LogP contribution < -0.4 is 5.32 Å². The minimum absolute atomic E-state index is 0.323. The molecule has 116 valence electrons. The van der Waals surface area contributed by atoms with Crippen molar-refractivity contribution in [2.24, 2.45) is 0 Å². The fraction of sp³-hybridized carbons (Fsp3) is 0.368. The lowest BCUT2D eigenvalue weighted by Crippen LogP contribution is -2.38. The SMILES string of the molecule is N#Cc1csc(CNC2CCC(C#N)(c3ccccc3)CC2)c1. The van der Waals surface area contributed by atoms with Crippen LogP contribution in [-0.4, -0.2) is 6.04 Å². The quantitative estimate of drug-likeness (QED) is 0.921. The van der Waals surface area contributed by atoms with Gasteiger partial charge < -0.3 is 5.32 Å². The topological polar surface area (TPSA) is 59.6 Å². The Morgan fingerprint density at radius 1 is 1.17 bits per heavy atom. The molecular weight excluding hydrogens is 302 g/mol. The van der Waals surface area contributed by atoms with Crippen molar-refractivity contribution in [3.63, 3.8) is 0 Å². The Morgan fingerprint density at radius 3 is 2.52 bits per heavy atom. The molecule has 1 aliphatic rings. The van der Waals surface area contributed by atoms with E-state index in [-0.39, 0.29) is 5.41 Å². The maximum absolute atomic E-state index is 9.72. The summed E-state index contributed by atoms with van der Waals surface area (Å²) in [5.41, 5.74) is 1.57. The van der Waals surface area contributed by atoms with Crippen LogP contribution in [-0.2, 0) is 12.0 Å². The maximum Gasteiger partial charge on any atom is 0.100 e. The van der Waals surface area contributed by atoms with Crippen LogP contribution in [0.4, 0.5) is 0 Å². The molecule has 1 fully saturated rings. The summed E-state index contributed by atoms with van der Waals surface area (Å²) in [6.45, 7) is 0.807. The van der Waals surface area contributed by atoms with Gasteiger partial charge in [-0.05, 0) is 37.3 Å². The van der Waals surface area contributed by atoms with Crippen LogP contribution in [0.3, 0.4) is 0 Å². The minimum atomic E-state index is -0.323. The summed E-state index contributed by atoms with van der Waals surface area (Å²) in [5, 5.41) is 24.1. The van der Waals surface area contributed by atoms with Crippen LogP contribution >= 0.6 is 11.3 Å². The molecule has 1 N–H and O–H groups in total. The van der Waals surface area contributed by atoms with E-state index in [0.29, 0.717) is 6.04 Å². The largest absolute Gasteiger partial charge is 0.309 e. The monoisotopic (exact) mass is 321 g/mol. The summed E-state index contributed by atoms with van der Waals surface area (Å²) in [7, 11) is 0. The Labute approximate surface area is 141 Å². The van der Waals surface area contributed by atoms with Crippen LogP contribution in [0.2, 0.25) is 0 Å². The lowest BCUT2D eigenvalue weighted by atomic mass is 9.69. The molecule has 4 heteroatoms. The Bertz CT molecular complexity index is 728. The third-order valence-corrected chi connectivity index (χ3v) is 5.66. The van der Waals surface area contributed by atoms with Crippen molar-refractivity contribution in [2.45, 2.75) is 43.7 Å². The number of rotatable bonds is 4. The molecule has 1 saturated carbocycles. The number of nitrogens with one attached hydrogen (secondary N) is 1. The van der Waals surface area contributed by atoms with Crippen molar-refractivity contribution in [3.05, 3.63) is 57.8 Å². The molecule has 23 heavy (non-hydrogen) atoms. The van der Waals surface area contributed by atoms with Crippen molar-refractivity contribution in [3.8, 4) is 12.1 Å². The molecule has 0 unspecified atom stereocenters. The van der Waals surface area contributed by atoms with Gasteiger partial charge in [0.1, 0.15) is 6.07 Å². The summed E-state index contributed by atoms with van der Waals surface area (Å²) in [4.78, 5) is 1.20. The van der Waals surface area contributed by atoms with E-state index in [9.17, 15) is 5.26 Å². The van der Waals surface area contributed by atoms with Gasteiger partial charge in [-0.15, -0.1) is 11.3 Å². The molecule has 1 aliphatic carbocycles. The molecule has 1 heterocycles. The maximum atomic E-state index is 9.72. The molecule has 3 nitrogen and oxygen atoms in total. The summed E-state index contributed by atoms with van der Waals surface area (Å²) in [6.07, 6.45) is 3.83. The predicted molar refractivity (Wildman–Crippen MR) is 91.9 cm³/mol. The second-order valence-electron chi connectivity index (χ2n) is 6.13. The van der Waals surface area contributed by atoms with E-state index in [0.717, 1.165) is 43.4 Å². The standard InChI is InChI=1S/C19H19N3S/c20-11-15-10-18(23-13-15)12-22-17-6-8-19(14-21,9-7-17)16-4-2-1-3-5-16/h1-5,10,13,17,22H,6-9,12H2. The van der Waals surface area contributed by atoms with E-state index in [1.165, 1.54) is 4.88 Å². The zero-order valence-electron chi connectivity index (χ0n) is 13.0.